The van der Waals surface area contributed by atoms with Gasteiger partial charge in [0.1, 0.15) is 27.6 Å². The monoisotopic (exact) mass is 337 g/mol. The number of ether oxygens (including phenoxy) is 2. The largest absolute Gasteiger partial charge is 0.591 e. The minimum atomic E-state index is -4.77. The topological polar surface area (TPSA) is 53.9 Å². The van der Waals surface area contributed by atoms with Gasteiger partial charge in [-0.1, -0.05) is 16.5 Å². The number of halogens is 3. The summed E-state index contributed by atoms with van der Waals surface area (Å²) in [6.07, 6.45) is -4.77. The van der Waals surface area contributed by atoms with Crippen LogP contribution >= 0.6 is 0 Å². The summed E-state index contributed by atoms with van der Waals surface area (Å²) in [5, 5.41) is 0. The summed E-state index contributed by atoms with van der Waals surface area (Å²) in [6, 6.07) is 5.33. The molecule has 4 nitrogen and oxygen atoms in total. The summed E-state index contributed by atoms with van der Waals surface area (Å²) in [6.45, 7) is 5.28. The second-order valence-corrected chi connectivity index (χ2v) is 7.31. The first kappa shape index (κ1) is 18.8. The first-order valence-corrected chi connectivity index (χ1v) is 7.48. The molecule has 0 saturated carbocycles. The first-order chi connectivity index (χ1) is 10.0. The summed E-state index contributed by atoms with van der Waals surface area (Å²) >= 11 is -1.55. The number of nitrogens with zero attached hydrogens (tertiary/aromatic N) is 1. The van der Waals surface area contributed by atoms with Gasteiger partial charge < -0.3 is 14.0 Å². The Morgan fingerprint density at radius 1 is 1.27 bits per heavy atom. The number of hydrogen-bond donors (Lipinski definition) is 0. The lowest BCUT2D eigenvalue weighted by atomic mass is 10.1. The van der Waals surface area contributed by atoms with E-state index in [-0.39, 0.29) is 12.4 Å². The van der Waals surface area contributed by atoms with Crippen LogP contribution in [0.4, 0.5) is 13.2 Å². The Bertz CT molecular complexity index is 527. The molecule has 0 unspecified atom stereocenters. The zero-order chi connectivity index (χ0) is 17.0. The van der Waals surface area contributed by atoms with Crippen molar-refractivity contribution < 1.29 is 27.2 Å². The maximum atomic E-state index is 12.3. The predicted molar refractivity (Wildman–Crippen MR) is 79.4 cm³/mol. The number of methoxy groups -OCH3 is 1. The van der Waals surface area contributed by atoms with E-state index >= 15 is 0 Å². The van der Waals surface area contributed by atoms with E-state index in [9.17, 15) is 17.7 Å². The second-order valence-electron chi connectivity index (χ2n) is 5.41. The van der Waals surface area contributed by atoms with E-state index in [0.29, 0.717) is 11.3 Å². The smallest absolute Gasteiger partial charge is 0.573 e. The average molecular weight is 337 g/mol. The second kappa shape index (κ2) is 7.34. The molecule has 0 N–H and O–H groups in total. The Balaban J connectivity index is 3.11. The van der Waals surface area contributed by atoms with E-state index in [1.54, 1.807) is 26.8 Å². The molecule has 0 aliphatic rings. The molecule has 1 aromatic carbocycles. The van der Waals surface area contributed by atoms with Crippen LogP contribution in [0.3, 0.4) is 0 Å². The quantitative estimate of drug-likeness (QED) is 0.610. The summed E-state index contributed by atoms with van der Waals surface area (Å²) in [7, 11) is 1.42. The molecule has 0 aromatic heterocycles. The van der Waals surface area contributed by atoms with Crippen LogP contribution < -0.4 is 4.74 Å². The van der Waals surface area contributed by atoms with Crippen molar-refractivity contribution in [2.24, 2.45) is 4.40 Å². The van der Waals surface area contributed by atoms with Crippen LogP contribution in [-0.4, -0.2) is 35.1 Å². The Labute approximate surface area is 130 Å². The Hall–Kier alpha value is -1.25. The highest BCUT2D eigenvalue weighted by Gasteiger charge is 2.31. The highest BCUT2D eigenvalue weighted by Crippen LogP contribution is 2.24. The van der Waals surface area contributed by atoms with E-state index in [1.807, 2.05) is 0 Å². The molecule has 124 valence electrons. The van der Waals surface area contributed by atoms with Crippen molar-refractivity contribution in [1.29, 1.82) is 0 Å². The summed E-state index contributed by atoms with van der Waals surface area (Å²) < 4.78 is 61.2. The molecule has 0 radical (unpaired) electrons. The Morgan fingerprint density at radius 2 is 1.91 bits per heavy atom. The number of hydrogen-bond acceptors (Lipinski definition) is 4. The molecule has 0 fully saturated rings. The maximum absolute atomic E-state index is 12.3. The van der Waals surface area contributed by atoms with Crippen LogP contribution in [0.2, 0.25) is 0 Å². The molecule has 0 heterocycles. The van der Waals surface area contributed by atoms with Gasteiger partial charge in [0, 0.05) is 12.7 Å². The van der Waals surface area contributed by atoms with Gasteiger partial charge in [-0.25, -0.2) is 0 Å². The van der Waals surface area contributed by atoms with Crippen molar-refractivity contribution in [3.05, 3.63) is 29.8 Å². The zero-order valence-corrected chi connectivity index (χ0v) is 13.5. The highest BCUT2D eigenvalue weighted by atomic mass is 32.2. The van der Waals surface area contributed by atoms with Gasteiger partial charge in [-0.05, 0) is 32.9 Å². The molecule has 8 heteroatoms. The molecule has 22 heavy (non-hydrogen) atoms. The van der Waals surface area contributed by atoms with Crippen LogP contribution in [0.25, 0.3) is 0 Å². The number of rotatable bonds is 5. The van der Waals surface area contributed by atoms with Crippen molar-refractivity contribution in [2.75, 3.05) is 13.7 Å². The molecule has 1 rings (SSSR count). The molecular formula is C14H18F3NO3S. The third kappa shape index (κ3) is 6.25. The molecule has 0 saturated heterocycles. The highest BCUT2D eigenvalue weighted by molar-refractivity contribution is 7.91. The SMILES string of the molecule is COC/C(=N/[S@+]([O-])C(C)(C)C)c1cccc(OC(F)(F)F)c1. The molecule has 0 spiro atoms. The van der Waals surface area contributed by atoms with Gasteiger partial charge in [0.2, 0.25) is 0 Å². The molecule has 1 atom stereocenters. The van der Waals surface area contributed by atoms with E-state index in [4.69, 9.17) is 4.74 Å². The molecule has 0 bridgehead atoms. The molecular weight excluding hydrogens is 319 g/mol. The van der Waals surface area contributed by atoms with Crippen molar-refractivity contribution in [3.8, 4) is 5.75 Å². The number of benzene rings is 1. The van der Waals surface area contributed by atoms with Gasteiger partial charge in [-0.15, -0.1) is 13.2 Å². The minimum Gasteiger partial charge on any atom is -0.591 e. The lowest BCUT2D eigenvalue weighted by molar-refractivity contribution is -0.274. The Kier molecular flexibility index (Phi) is 6.27. The summed E-state index contributed by atoms with van der Waals surface area (Å²) in [5.74, 6) is -0.365. The standard InChI is InChI=1S/C14H18F3NO3S/c1-13(2,3)22(19)18-12(9-20-4)10-6-5-7-11(8-10)21-14(15,16)17/h5-8H,9H2,1-4H3/b18-12-/t22-/m1/s1. The third-order valence-corrected chi connectivity index (χ3v) is 3.83. The Morgan fingerprint density at radius 3 is 2.41 bits per heavy atom. The normalized spacial score (nSPS) is 14.8. The third-order valence-electron chi connectivity index (χ3n) is 2.40. The lowest BCUT2D eigenvalue weighted by Crippen LogP contribution is -2.28. The van der Waals surface area contributed by atoms with Crippen LogP contribution in [0.1, 0.15) is 26.3 Å². The maximum Gasteiger partial charge on any atom is 0.573 e. The van der Waals surface area contributed by atoms with Gasteiger partial charge in [0.25, 0.3) is 0 Å². The van der Waals surface area contributed by atoms with Gasteiger partial charge in [0.05, 0.1) is 6.61 Å². The minimum absolute atomic E-state index is 0.0251. The first-order valence-electron chi connectivity index (χ1n) is 6.37. The molecule has 0 aliphatic carbocycles. The summed E-state index contributed by atoms with van der Waals surface area (Å²) in [5.41, 5.74) is 0.657. The van der Waals surface area contributed by atoms with E-state index in [2.05, 4.69) is 9.13 Å². The van der Waals surface area contributed by atoms with Crippen LogP contribution in [0, 0.1) is 0 Å². The van der Waals surface area contributed by atoms with Crippen LogP contribution in [0.5, 0.6) is 5.75 Å². The van der Waals surface area contributed by atoms with E-state index in [0.717, 1.165) is 0 Å². The van der Waals surface area contributed by atoms with Crippen molar-refractivity contribution in [3.63, 3.8) is 0 Å². The predicted octanol–water partition coefficient (Wildman–Crippen LogP) is 3.48. The van der Waals surface area contributed by atoms with Gasteiger partial charge in [-0.3, -0.25) is 0 Å². The molecule has 0 aliphatic heterocycles. The molecule has 1 aromatic rings. The van der Waals surface area contributed by atoms with Crippen LogP contribution in [-0.2, 0) is 16.1 Å². The fraction of sp³-hybridized carbons (Fsp3) is 0.500. The van der Waals surface area contributed by atoms with Gasteiger partial charge >= 0.3 is 6.36 Å². The van der Waals surface area contributed by atoms with Crippen molar-refractivity contribution in [1.82, 2.24) is 0 Å². The summed E-state index contributed by atoms with van der Waals surface area (Å²) in [4.78, 5) is 0. The zero-order valence-electron chi connectivity index (χ0n) is 12.7. The lowest BCUT2D eigenvalue weighted by Gasteiger charge is -2.19. The molecule has 0 amide bonds. The van der Waals surface area contributed by atoms with Gasteiger partial charge in [-0.2, -0.15) is 0 Å². The number of alkyl halides is 3. The van der Waals surface area contributed by atoms with E-state index in [1.165, 1.54) is 25.3 Å². The van der Waals surface area contributed by atoms with Crippen molar-refractivity contribution >= 4 is 17.1 Å². The van der Waals surface area contributed by atoms with Gasteiger partial charge in [0.15, 0.2) is 0 Å². The van der Waals surface area contributed by atoms with E-state index < -0.39 is 22.5 Å². The van der Waals surface area contributed by atoms with Crippen LogP contribution in [0.15, 0.2) is 28.7 Å². The average Bonchev–Trinajstić information content (AvgIpc) is 2.35. The fourth-order valence-electron chi connectivity index (χ4n) is 1.41. The van der Waals surface area contributed by atoms with Crippen molar-refractivity contribution in [2.45, 2.75) is 31.9 Å². The fourth-order valence-corrected chi connectivity index (χ4v) is 2.04.